The molecule has 0 atom stereocenters. The number of hydrogen-bond donors (Lipinski definition) is 0. The van der Waals surface area contributed by atoms with Gasteiger partial charge in [-0.3, -0.25) is 0 Å². The third-order valence-corrected chi connectivity index (χ3v) is 2.04. The second-order valence-corrected chi connectivity index (χ2v) is 3.35. The summed E-state index contributed by atoms with van der Waals surface area (Å²) in [4.78, 5) is 22.3. The Morgan fingerprint density at radius 3 is 2.67 bits per heavy atom. The molecule has 0 bridgehead atoms. The molecule has 0 N–H and O–H groups in total. The highest BCUT2D eigenvalue weighted by molar-refractivity contribution is 5.91. The van der Waals surface area contributed by atoms with Crippen molar-refractivity contribution >= 4 is 18.0 Å². The molecule has 0 fully saturated rings. The van der Waals surface area contributed by atoms with Crippen molar-refractivity contribution in [1.29, 1.82) is 0 Å². The fourth-order valence-corrected chi connectivity index (χ4v) is 1.30. The minimum Gasteiger partial charge on any atom is -0.465 e. The number of carbonyl (C=O) groups is 2. The van der Waals surface area contributed by atoms with E-state index in [0.717, 1.165) is 6.07 Å². The summed E-state index contributed by atoms with van der Waals surface area (Å²) >= 11 is 0. The molecule has 0 radical (unpaired) electrons. The fourth-order valence-electron chi connectivity index (χ4n) is 1.30. The lowest BCUT2D eigenvalue weighted by Gasteiger charge is -2.01. The standard InChI is InChI=1S/C13H13FO4/c1-3-18-12(15)5-4-9-6-10(13(16)17-2)8-11(14)7-9/h4-8H,3H2,1-2H3. The highest BCUT2D eigenvalue weighted by Crippen LogP contribution is 2.12. The van der Waals surface area contributed by atoms with E-state index in [2.05, 4.69) is 9.47 Å². The monoisotopic (exact) mass is 252 g/mol. The van der Waals surface area contributed by atoms with E-state index < -0.39 is 17.8 Å². The summed E-state index contributed by atoms with van der Waals surface area (Å²) in [6, 6.07) is 3.68. The van der Waals surface area contributed by atoms with Crippen molar-refractivity contribution in [3.05, 3.63) is 41.2 Å². The molecule has 1 rings (SSSR count). The van der Waals surface area contributed by atoms with Crippen LogP contribution in [0.1, 0.15) is 22.8 Å². The van der Waals surface area contributed by atoms with Crippen molar-refractivity contribution in [2.75, 3.05) is 13.7 Å². The van der Waals surface area contributed by atoms with Crippen LogP contribution >= 0.6 is 0 Å². The lowest BCUT2D eigenvalue weighted by atomic mass is 10.1. The van der Waals surface area contributed by atoms with E-state index in [0.29, 0.717) is 5.56 Å². The molecule has 0 aromatic heterocycles. The van der Waals surface area contributed by atoms with Gasteiger partial charge in [-0.2, -0.15) is 0 Å². The van der Waals surface area contributed by atoms with Gasteiger partial charge in [0.2, 0.25) is 0 Å². The molecule has 0 amide bonds. The average molecular weight is 252 g/mol. The van der Waals surface area contributed by atoms with Gasteiger partial charge in [0, 0.05) is 6.08 Å². The topological polar surface area (TPSA) is 52.6 Å². The van der Waals surface area contributed by atoms with E-state index in [1.807, 2.05) is 0 Å². The van der Waals surface area contributed by atoms with Crippen molar-refractivity contribution < 1.29 is 23.5 Å². The van der Waals surface area contributed by atoms with Crippen LogP contribution < -0.4 is 0 Å². The summed E-state index contributed by atoms with van der Waals surface area (Å²) in [5, 5.41) is 0. The Kier molecular flexibility index (Phi) is 5.05. The fraction of sp³-hybridized carbons (Fsp3) is 0.231. The first kappa shape index (κ1) is 13.9. The van der Waals surface area contributed by atoms with Crippen LogP contribution in [0.5, 0.6) is 0 Å². The Balaban J connectivity index is 2.93. The van der Waals surface area contributed by atoms with Gasteiger partial charge < -0.3 is 9.47 Å². The first-order valence-electron chi connectivity index (χ1n) is 5.30. The molecule has 1 aromatic carbocycles. The highest BCUT2D eigenvalue weighted by atomic mass is 19.1. The Hall–Kier alpha value is -2.17. The van der Waals surface area contributed by atoms with Gasteiger partial charge in [0.1, 0.15) is 5.82 Å². The van der Waals surface area contributed by atoms with E-state index in [1.54, 1.807) is 6.92 Å². The minimum absolute atomic E-state index is 0.0843. The molecular formula is C13H13FO4. The Bertz CT molecular complexity index is 480. The number of benzene rings is 1. The summed E-state index contributed by atoms with van der Waals surface area (Å²) in [5.41, 5.74) is 0.462. The normalized spacial score (nSPS) is 10.4. The van der Waals surface area contributed by atoms with Crippen LogP contribution in [0.15, 0.2) is 24.3 Å². The highest BCUT2D eigenvalue weighted by Gasteiger charge is 2.08. The van der Waals surface area contributed by atoms with Gasteiger partial charge in [-0.1, -0.05) is 0 Å². The first-order chi connectivity index (χ1) is 8.56. The largest absolute Gasteiger partial charge is 0.465 e. The lowest BCUT2D eigenvalue weighted by Crippen LogP contribution is -2.02. The van der Waals surface area contributed by atoms with Crippen LogP contribution in [0.3, 0.4) is 0 Å². The number of carbonyl (C=O) groups excluding carboxylic acids is 2. The molecular weight excluding hydrogens is 239 g/mol. The maximum absolute atomic E-state index is 13.2. The van der Waals surface area contributed by atoms with Crippen LogP contribution in [0.4, 0.5) is 4.39 Å². The van der Waals surface area contributed by atoms with Crippen molar-refractivity contribution in [1.82, 2.24) is 0 Å². The number of halogens is 1. The molecule has 0 heterocycles. The van der Waals surface area contributed by atoms with E-state index in [-0.39, 0.29) is 12.2 Å². The summed E-state index contributed by atoms with van der Waals surface area (Å²) < 4.78 is 22.4. The molecule has 0 aliphatic heterocycles. The van der Waals surface area contributed by atoms with Gasteiger partial charge in [0.05, 0.1) is 19.3 Å². The number of hydrogen-bond acceptors (Lipinski definition) is 4. The average Bonchev–Trinajstić information content (AvgIpc) is 2.35. The quantitative estimate of drug-likeness (QED) is 0.609. The number of esters is 2. The number of methoxy groups -OCH3 is 1. The molecule has 0 unspecified atom stereocenters. The van der Waals surface area contributed by atoms with Gasteiger partial charge in [0.15, 0.2) is 0 Å². The summed E-state index contributed by atoms with van der Waals surface area (Å²) in [6.07, 6.45) is 2.53. The predicted octanol–water partition coefficient (Wildman–Crippen LogP) is 2.19. The molecule has 5 heteroatoms. The summed E-state index contributed by atoms with van der Waals surface area (Å²) in [5.74, 6) is -1.75. The maximum Gasteiger partial charge on any atom is 0.337 e. The Morgan fingerprint density at radius 2 is 2.06 bits per heavy atom. The zero-order chi connectivity index (χ0) is 13.5. The number of ether oxygens (including phenoxy) is 2. The third kappa shape index (κ3) is 4.01. The maximum atomic E-state index is 13.2. The van der Waals surface area contributed by atoms with Crippen LogP contribution in [-0.2, 0) is 14.3 Å². The van der Waals surface area contributed by atoms with Gasteiger partial charge in [-0.25, -0.2) is 14.0 Å². The Labute approximate surface area is 104 Å². The van der Waals surface area contributed by atoms with Crippen LogP contribution in [0.25, 0.3) is 6.08 Å². The SMILES string of the molecule is CCOC(=O)C=Cc1cc(F)cc(C(=O)OC)c1. The van der Waals surface area contributed by atoms with Crippen LogP contribution in [0, 0.1) is 5.82 Å². The van der Waals surface area contributed by atoms with Crippen LogP contribution in [-0.4, -0.2) is 25.7 Å². The second-order valence-electron chi connectivity index (χ2n) is 3.35. The molecule has 96 valence electrons. The van der Waals surface area contributed by atoms with Crippen molar-refractivity contribution in [3.63, 3.8) is 0 Å². The summed E-state index contributed by atoms with van der Waals surface area (Å²) in [7, 11) is 1.21. The molecule has 0 saturated heterocycles. The van der Waals surface area contributed by atoms with Gasteiger partial charge in [-0.05, 0) is 36.8 Å². The molecule has 4 nitrogen and oxygen atoms in total. The number of rotatable bonds is 4. The second kappa shape index (κ2) is 6.54. The van der Waals surface area contributed by atoms with Crippen molar-refractivity contribution in [2.45, 2.75) is 6.92 Å². The smallest absolute Gasteiger partial charge is 0.337 e. The predicted molar refractivity (Wildman–Crippen MR) is 63.4 cm³/mol. The van der Waals surface area contributed by atoms with E-state index >= 15 is 0 Å². The van der Waals surface area contributed by atoms with Crippen molar-refractivity contribution in [2.24, 2.45) is 0 Å². The first-order valence-corrected chi connectivity index (χ1v) is 5.30. The Morgan fingerprint density at radius 1 is 1.33 bits per heavy atom. The zero-order valence-electron chi connectivity index (χ0n) is 10.1. The van der Waals surface area contributed by atoms with Crippen molar-refractivity contribution in [3.8, 4) is 0 Å². The minimum atomic E-state index is -0.639. The lowest BCUT2D eigenvalue weighted by molar-refractivity contribution is -0.137. The summed E-state index contributed by atoms with van der Waals surface area (Å²) in [6.45, 7) is 1.95. The molecule has 0 saturated carbocycles. The molecule has 0 spiro atoms. The molecule has 0 aliphatic rings. The molecule has 1 aromatic rings. The zero-order valence-corrected chi connectivity index (χ0v) is 10.1. The van der Waals surface area contributed by atoms with E-state index in [1.165, 1.54) is 31.4 Å². The van der Waals surface area contributed by atoms with Gasteiger partial charge >= 0.3 is 11.9 Å². The van der Waals surface area contributed by atoms with Crippen LogP contribution in [0.2, 0.25) is 0 Å². The molecule has 18 heavy (non-hydrogen) atoms. The van der Waals surface area contributed by atoms with Gasteiger partial charge in [0.25, 0.3) is 0 Å². The third-order valence-electron chi connectivity index (χ3n) is 2.04. The van der Waals surface area contributed by atoms with E-state index in [9.17, 15) is 14.0 Å². The molecule has 0 aliphatic carbocycles. The van der Waals surface area contributed by atoms with E-state index in [4.69, 9.17) is 0 Å². The van der Waals surface area contributed by atoms with Gasteiger partial charge in [-0.15, -0.1) is 0 Å².